The molecule has 4 nitrogen and oxygen atoms in total. The summed E-state index contributed by atoms with van der Waals surface area (Å²) in [6.45, 7) is 16.8. The molecule has 0 aromatic carbocycles. The van der Waals surface area contributed by atoms with Crippen LogP contribution in [-0.2, 0) is 13.3 Å². The first kappa shape index (κ1) is 17.1. The van der Waals surface area contributed by atoms with Gasteiger partial charge in [0.05, 0.1) is 16.8 Å². The second-order valence-corrected chi connectivity index (χ2v) is 8.83. The molecule has 0 aliphatic carbocycles. The van der Waals surface area contributed by atoms with Gasteiger partial charge in [0.25, 0.3) is 0 Å². The molecule has 0 unspecified atom stereocenters. The van der Waals surface area contributed by atoms with Crippen LogP contribution in [0.25, 0.3) is 0 Å². The zero-order valence-electron chi connectivity index (χ0n) is 12.7. The molecular weight excluding hydrogens is 236 g/mol. The molecule has 5 heteroatoms. The second kappa shape index (κ2) is 4.97. The molecular formula is C12H28O4Si. The van der Waals surface area contributed by atoms with Crippen molar-refractivity contribution in [3.8, 4) is 0 Å². The lowest BCUT2D eigenvalue weighted by atomic mass is 10.2. The van der Waals surface area contributed by atoms with Gasteiger partial charge < -0.3 is 18.1 Å². The van der Waals surface area contributed by atoms with Gasteiger partial charge >= 0.3 is 9.05 Å². The summed E-state index contributed by atoms with van der Waals surface area (Å²) in [4.78, 5) is 10.5. The Bertz CT molecular complexity index is 204. The van der Waals surface area contributed by atoms with E-state index in [0.717, 1.165) is 0 Å². The van der Waals surface area contributed by atoms with E-state index >= 15 is 0 Å². The van der Waals surface area contributed by atoms with E-state index in [1.165, 1.54) is 0 Å². The van der Waals surface area contributed by atoms with Crippen LogP contribution in [0.15, 0.2) is 0 Å². The predicted molar refractivity (Wildman–Crippen MR) is 70.5 cm³/mol. The van der Waals surface area contributed by atoms with E-state index < -0.39 is 25.9 Å². The first-order valence-electron chi connectivity index (χ1n) is 5.95. The Morgan fingerprint density at radius 2 is 0.765 bits per heavy atom. The van der Waals surface area contributed by atoms with Gasteiger partial charge in [-0.1, -0.05) is 0 Å². The van der Waals surface area contributed by atoms with Crippen LogP contribution in [0.2, 0.25) is 0 Å². The van der Waals surface area contributed by atoms with Gasteiger partial charge in [0.2, 0.25) is 0 Å². The minimum atomic E-state index is -3.66. The second-order valence-electron chi connectivity index (χ2n) is 7.17. The van der Waals surface area contributed by atoms with E-state index in [0.29, 0.717) is 0 Å². The smallest absolute Gasteiger partial charge is 0.367 e. The van der Waals surface area contributed by atoms with Crippen LogP contribution in [0.3, 0.4) is 0 Å². The van der Waals surface area contributed by atoms with Gasteiger partial charge in [-0.15, -0.1) is 0 Å². The molecule has 0 aliphatic heterocycles. The molecule has 0 aliphatic rings. The quantitative estimate of drug-likeness (QED) is 0.796. The maximum Gasteiger partial charge on any atom is 0.678 e. The summed E-state index contributed by atoms with van der Waals surface area (Å²) >= 11 is 0. The van der Waals surface area contributed by atoms with Crippen LogP contribution in [-0.4, -0.2) is 30.6 Å². The summed E-state index contributed by atoms with van der Waals surface area (Å²) in [6.07, 6.45) is 0. The molecule has 0 saturated carbocycles. The van der Waals surface area contributed by atoms with Crippen molar-refractivity contribution in [2.24, 2.45) is 0 Å². The van der Waals surface area contributed by atoms with Crippen molar-refractivity contribution in [3.63, 3.8) is 0 Å². The van der Waals surface area contributed by atoms with Gasteiger partial charge in [0, 0.05) is 0 Å². The molecule has 0 saturated heterocycles. The van der Waals surface area contributed by atoms with Crippen LogP contribution in [0.5, 0.6) is 0 Å². The van der Waals surface area contributed by atoms with Crippen molar-refractivity contribution in [2.75, 3.05) is 0 Å². The van der Waals surface area contributed by atoms with Crippen molar-refractivity contribution >= 4 is 9.05 Å². The van der Waals surface area contributed by atoms with Gasteiger partial charge in [0.1, 0.15) is 0 Å². The van der Waals surface area contributed by atoms with Gasteiger partial charge in [-0.25, -0.2) is 0 Å². The van der Waals surface area contributed by atoms with Gasteiger partial charge in [-0.05, 0) is 62.3 Å². The number of hydrogen-bond donors (Lipinski definition) is 1. The highest BCUT2D eigenvalue weighted by atomic mass is 28.4. The Morgan fingerprint density at radius 1 is 0.588 bits per heavy atom. The van der Waals surface area contributed by atoms with Crippen molar-refractivity contribution in [1.29, 1.82) is 0 Å². The SMILES string of the molecule is CC(C)(C)O[Si](O)(OC(C)(C)C)OC(C)(C)C. The number of rotatable bonds is 3. The molecule has 0 amide bonds. The van der Waals surface area contributed by atoms with Crippen molar-refractivity contribution in [2.45, 2.75) is 79.1 Å². The molecule has 17 heavy (non-hydrogen) atoms. The lowest BCUT2D eigenvalue weighted by molar-refractivity contribution is -0.119. The maximum absolute atomic E-state index is 10.5. The summed E-state index contributed by atoms with van der Waals surface area (Å²) < 4.78 is 16.9. The molecule has 0 aromatic rings. The fourth-order valence-corrected chi connectivity index (χ4v) is 3.67. The average molecular weight is 264 g/mol. The standard InChI is InChI=1S/C12H28O4Si/c1-10(2,3)14-17(13,15-11(4,5)6)16-12(7,8)9/h13H,1-9H3. The Balaban J connectivity index is 4.95. The molecule has 0 heterocycles. The topological polar surface area (TPSA) is 47.9 Å². The van der Waals surface area contributed by atoms with E-state index in [1.54, 1.807) is 0 Å². The van der Waals surface area contributed by atoms with E-state index in [9.17, 15) is 4.80 Å². The third-order valence-corrected chi connectivity index (χ3v) is 3.92. The maximum atomic E-state index is 10.5. The monoisotopic (exact) mass is 264 g/mol. The number of hydrogen-bond acceptors (Lipinski definition) is 4. The molecule has 0 atom stereocenters. The van der Waals surface area contributed by atoms with E-state index in [1.807, 2.05) is 62.3 Å². The molecule has 0 bridgehead atoms. The molecule has 0 rings (SSSR count). The normalized spacial score (nSPS) is 15.2. The predicted octanol–water partition coefficient (Wildman–Crippen LogP) is 2.86. The molecule has 1 N–H and O–H groups in total. The van der Waals surface area contributed by atoms with Crippen LogP contribution in [0.4, 0.5) is 0 Å². The highest BCUT2D eigenvalue weighted by molar-refractivity contribution is 6.52. The first-order valence-corrected chi connectivity index (χ1v) is 7.62. The zero-order chi connectivity index (χ0) is 14.1. The van der Waals surface area contributed by atoms with E-state index in [2.05, 4.69) is 0 Å². The zero-order valence-corrected chi connectivity index (χ0v) is 13.7. The highest BCUT2D eigenvalue weighted by Gasteiger charge is 2.50. The van der Waals surface area contributed by atoms with Crippen LogP contribution >= 0.6 is 0 Å². The summed E-state index contributed by atoms with van der Waals surface area (Å²) in [5.41, 5.74) is -1.55. The summed E-state index contributed by atoms with van der Waals surface area (Å²) in [6, 6.07) is 0. The van der Waals surface area contributed by atoms with Crippen LogP contribution in [0.1, 0.15) is 62.3 Å². The molecule has 104 valence electrons. The van der Waals surface area contributed by atoms with Gasteiger partial charge in [0.15, 0.2) is 0 Å². The fraction of sp³-hybridized carbons (Fsp3) is 1.00. The van der Waals surface area contributed by atoms with Crippen molar-refractivity contribution in [1.82, 2.24) is 0 Å². The third kappa shape index (κ3) is 9.73. The molecule has 0 fully saturated rings. The minimum absolute atomic E-state index is 0.516. The Hall–Kier alpha value is 0.0569. The van der Waals surface area contributed by atoms with Crippen molar-refractivity contribution < 1.29 is 18.1 Å². The average Bonchev–Trinajstić information content (AvgIpc) is 1.65. The Labute approximate surface area is 107 Å². The minimum Gasteiger partial charge on any atom is -0.367 e. The Kier molecular flexibility index (Phi) is 4.99. The Morgan fingerprint density at radius 3 is 0.882 bits per heavy atom. The van der Waals surface area contributed by atoms with Gasteiger partial charge in [-0.2, -0.15) is 0 Å². The van der Waals surface area contributed by atoms with Gasteiger partial charge in [-0.3, -0.25) is 0 Å². The lowest BCUT2D eigenvalue weighted by Gasteiger charge is -2.38. The summed E-state index contributed by atoms with van der Waals surface area (Å²) in [7, 11) is -3.66. The molecule has 0 radical (unpaired) electrons. The largest absolute Gasteiger partial charge is 0.678 e. The third-order valence-electron chi connectivity index (χ3n) is 1.31. The summed E-state index contributed by atoms with van der Waals surface area (Å²) in [5.74, 6) is 0. The molecule has 0 spiro atoms. The lowest BCUT2D eigenvalue weighted by Crippen LogP contribution is -2.57. The van der Waals surface area contributed by atoms with E-state index in [4.69, 9.17) is 13.3 Å². The van der Waals surface area contributed by atoms with E-state index in [-0.39, 0.29) is 0 Å². The molecule has 0 aromatic heterocycles. The van der Waals surface area contributed by atoms with Crippen LogP contribution in [0, 0.1) is 0 Å². The highest BCUT2D eigenvalue weighted by Crippen LogP contribution is 2.26. The van der Waals surface area contributed by atoms with Crippen molar-refractivity contribution in [3.05, 3.63) is 0 Å². The summed E-state index contributed by atoms with van der Waals surface area (Å²) in [5, 5.41) is 0. The van der Waals surface area contributed by atoms with Crippen LogP contribution < -0.4 is 0 Å². The first-order chi connectivity index (χ1) is 7.12. The fourth-order valence-electron chi connectivity index (χ4n) is 1.22.